The molecule has 9 aromatic heterocycles. The quantitative estimate of drug-likeness (QED) is 0.0171. The Labute approximate surface area is 808 Å². The molecule has 0 fully saturated rings. The SMILES string of the molecule is CCCCC(CCO)Nc1nc(N)nc2c1CCN(C(=O)c1cccn1C)C2.CCCCC(CCO)Nc1nc(N)nc2c1CN(C(=O)c1ccccc1)CC2.CCCCC(CCO)Nc1nc(N)nc2c1CN(C(=O)c1cccn1C)CC2.CCC[C@@H](CCO)Nc1nc(N)nc2c1CCN(C(=O)c1cccn1C)C2.CCC[C@@H](CCO)Nc1nc(N)nc2c1CCN(C(=O)c1ccncc1)C2. The third-order valence-corrected chi connectivity index (χ3v) is 25.4. The Bertz CT molecular complexity index is 5570. The topological polar surface area (TPSA) is 550 Å². The molecule has 10 aromatic rings. The van der Waals surface area contributed by atoms with Gasteiger partial charge in [0.15, 0.2) is 0 Å². The van der Waals surface area contributed by atoms with Gasteiger partial charge in [-0.05, 0) is 144 Å². The molecule has 5 aliphatic heterocycles. The molecule has 5 aliphatic rings. The van der Waals surface area contributed by atoms with E-state index >= 15 is 0 Å². The minimum absolute atomic E-state index is 0.00110. The first kappa shape index (κ1) is 105. The van der Waals surface area contributed by atoms with Crippen LogP contribution in [0.15, 0.2) is 110 Å². The third kappa shape index (κ3) is 28.9. The van der Waals surface area contributed by atoms with Crippen LogP contribution in [0.1, 0.15) is 259 Å². The number of fused-ring (bicyclic) bond motifs is 5. The summed E-state index contributed by atoms with van der Waals surface area (Å²) in [5.41, 5.74) is 41.9. The van der Waals surface area contributed by atoms with Gasteiger partial charge in [-0.1, -0.05) is 104 Å². The van der Waals surface area contributed by atoms with Gasteiger partial charge in [0.25, 0.3) is 29.5 Å². The number of hydrogen-bond acceptors (Lipinski definition) is 31. The van der Waals surface area contributed by atoms with Crippen LogP contribution in [0.4, 0.5) is 58.8 Å². The van der Waals surface area contributed by atoms with Crippen LogP contribution >= 0.6 is 0 Å². The van der Waals surface area contributed by atoms with Crippen LogP contribution in [0.25, 0.3) is 0 Å². The highest BCUT2D eigenvalue weighted by atomic mass is 16.3. The maximum Gasteiger partial charge on any atom is 0.270 e. The van der Waals surface area contributed by atoms with Gasteiger partial charge in [-0.2, -0.15) is 24.9 Å². The number of nitrogens with two attached hydrogens (primary N) is 5. The van der Waals surface area contributed by atoms with E-state index in [2.05, 4.69) is 116 Å². The second-order valence-corrected chi connectivity index (χ2v) is 35.5. The Balaban J connectivity index is 0.000000165. The molecule has 0 bridgehead atoms. The van der Waals surface area contributed by atoms with Crippen molar-refractivity contribution in [3.05, 3.63) is 194 Å². The first-order valence-corrected chi connectivity index (χ1v) is 48.7. The number of unbranched alkanes of at least 4 members (excludes halogenated alkanes) is 3. The third-order valence-electron chi connectivity index (χ3n) is 25.4. The summed E-state index contributed by atoms with van der Waals surface area (Å²) in [4.78, 5) is 121. The van der Waals surface area contributed by atoms with Crippen LogP contribution in [-0.2, 0) is 86.0 Å². The summed E-state index contributed by atoms with van der Waals surface area (Å²) in [5.74, 6) is 4.57. The van der Waals surface area contributed by atoms with E-state index in [1.807, 2.05) is 130 Å². The number of carbonyl (C=O) groups is 5. The summed E-state index contributed by atoms with van der Waals surface area (Å²) < 4.78 is 5.48. The zero-order valence-electron chi connectivity index (χ0n) is 81.3. The largest absolute Gasteiger partial charge is 0.396 e. The zero-order valence-corrected chi connectivity index (χ0v) is 81.3. The molecule has 0 radical (unpaired) electrons. The molecule has 744 valence electrons. The van der Waals surface area contributed by atoms with Crippen molar-refractivity contribution in [1.82, 2.24) is 93.0 Å². The lowest BCUT2D eigenvalue weighted by Crippen LogP contribution is -2.38. The fourth-order valence-electron chi connectivity index (χ4n) is 17.9. The van der Waals surface area contributed by atoms with Crippen LogP contribution in [0.2, 0.25) is 0 Å². The number of carbonyl (C=O) groups excluding carboxylic acids is 5. The molecule has 20 N–H and O–H groups in total. The van der Waals surface area contributed by atoms with Crippen molar-refractivity contribution in [2.75, 3.05) is 121 Å². The van der Waals surface area contributed by atoms with Gasteiger partial charge in [-0.25, -0.2) is 24.9 Å². The number of aliphatic hydroxyl groups excluding tert-OH is 5. The van der Waals surface area contributed by atoms with Gasteiger partial charge in [0.05, 0.1) is 61.2 Å². The van der Waals surface area contributed by atoms with Crippen molar-refractivity contribution in [3.63, 3.8) is 0 Å². The van der Waals surface area contributed by atoms with Crippen molar-refractivity contribution >= 4 is 88.4 Å². The summed E-state index contributed by atoms with van der Waals surface area (Å²) in [7, 11) is 5.60. The van der Waals surface area contributed by atoms with Crippen LogP contribution in [-0.4, -0.2) is 244 Å². The molecule has 15 rings (SSSR count). The number of amides is 5. The predicted octanol–water partition coefficient (Wildman–Crippen LogP) is 9.68. The normalized spacial score (nSPS) is 14.6. The van der Waals surface area contributed by atoms with Crippen molar-refractivity contribution in [2.45, 2.75) is 245 Å². The number of rotatable bonds is 38. The van der Waals surface area contributed by atoms with Crippen LogP contribution in [0, 0.1) is 0 Å². The van der Waals surface area contributed by atoms with Crippen LogP contribution in [0.5, 0.6) is 0 Å². The molecule has 5 amide bonds. The molecule has 0 saturated heterocycles. The smallest absolute Gasteiger partial charge is 0.270 e. The maximum absolute atomic E-state index is 12.9. The molecule has 3 unspecified atom stereocenters. The van der Waals surface area contributed by atoms with Crippen LogP contribution < -0.4 is 55.3 Å². The molecule has 0 saturated carbocycles. The monoisotopic (exact) mass is 1900 g/mol. The second kappa shape index (κ2) is 52.9. The number of benzene rings is 1. The van der Waals surface area contributed by atoms with Gasteiger partial charge in [0, 0.05) is 200 Å². The maximum atomic E-state index is 12.9. The Morgan fingerprint density at radius 1 is 0.304 bits per heavy atom. The molecule has 39 heteroatoms. The number of nitrogens with one attached hydrogen (secondary N) is 5. The Morgan fingerprint density at radius 2 is 0.572 bits per heavy atom. The number of aryl methyl sites for hydroxylation is 3. The Hall–Kier alpha value is -13.2. The lowest BCUT2D eigenvalue weighted by molar-refractivity contribution is 0.0715. The lowest BCUT2D eigenvalue weighted by atomic mass is 10.0. The van der Waals surface area contributed by atoms with Gasteiger partial charge in [-0.15, -0.1) is 0 Å². The van der Waals surface area contributed by atoms with Crippen molar-refractivity contribution < 1.29 is 49.5 Å². The van der Waals surface area contributed by atoms with Crippen molar-refractivity contribution in [1.29, 1.82) is 0 Å². The Kier molecular flexibility index (Phi) is 40.3. The van der Waals surface area contributed by atoms with Gasteiger partial charge >= 0.3 is 0 Å². The highest BCUT2D eigenvalue weighted by molar-refractivity contribution is 5.96. The number of pyridine rings is 1. The molecule has 5 atom stereocenters. The van der Waals surface area contributed by atoms with Crippen molar-refractivity contribution in [3.8, 4) is 0 Å². The van der Waals surface area contributed by atoms with E-state index in [-0.39, 0.29) is 123 Å². The number of nitrogen functional groups attached to an aromatic ring is 5. The minimum atomic E-state index is -0.0427. The molecule has 0 spiro atoms. The fraction of sp³-hybridized carbons (Fsp3) is 0.515. The van der Waals surface area contributed by atoms with E-state index in [1.165, 1.54) is 0 Å². The summed E-state index contributed by atoms with van der Waals surface area (Å²) in [5, 5.41) is 64.0. The van der Waals surface area contributed by atoms with E-state index in [1.54, 1.807) is 39.2 Å². The van der Waals surface area contributed by atoms with Gasteiger partial charge in [0.1, 0.15) is 46.2 Å². The van der Waals surface area contributed by atoms with E-state index in [0.717, 1.165) is 157 Å². The molecule has 14 heterocycles. The number of nitrogens with zero attached hydrogens (tertiary/aromatic N) is 19. The summed E-state index contributed by atoms with van der Waals surface area (Å²) in [6, 6.07) is 24.5. The second-order valence-electron chi connectivity index (χ2n) is 35.5. The van der Waals surface area contributed by atoms with Gasteiger partial charge in [-0.3, -0.25) is 29.0 Å². The molecule has 39 nitrogen and oxygen atoms in total. The molecular formula is C99H143N29O10. The van der Waals surface area contributed by atoms with E-state index in [0.29, 0.717) is 170 Å². The highest BCUT2D eigenvalue weighted by Gasteiger charge is 2.35. The highest BCUT2D eigenvalue weighted by Crippen LogP contribution is 2.34. The number of aromatic nitrogens is 14. The number of aliphatic hydroxyl groups is 5. The predicted molar refractivity (Wildman–Crippen MR) is 535 cm³/mol. The molecule has 0 aliphatic carbocycles. The number of hydrogen-bond donors (Lipinski definition) is 15. The molecular weight excluding hydrogens is 1760 g/mol. The minimum Gasteiger partial charge on any atom is -0.396 e. The van der Waals surface area contributed by atoms with E-state index < -0.39 is 0 Å². The first-order chi connectivity index (χ1) is 66.8. The lowest BCUT2D eigenvalue weighted by Gasteiger charge is -2.30. The van der Waals surface area contributed by atoms with Crippen LogP contribution in [0.3, 0.4) is 0 Å². The Morgan fingerprint density at radius 3 is 0.862 bits per heavy atom. The van der Waals surface area contributed by atoms with Gasteiger partial charge < -0.3 is 119 Å². The standard InChI is InChI=1S/C21H29N5O2.2C20H30N6O2.C19H28N6O2.C19H26N6O2/c1-2-3-9-16(11-13-27)23-19-17-14-26(12-10-18(17)24-21(22)25-19)20(28)15-7-5-4-6-8-15;1-3-4-6-14(9-12-27)22-18-15-13-26(11-8-16(15)23-20(21)24-18)19(28)17-7-5-10-25(17)2;1-3-4-6-14(9-12-27)22-18-15-8-11-26(13-16(15)23-20(21)24-18)19(28)17-7-5-10-25(17)2;1-3-5-13(8-11-26)21-17-14-7-10-25(12-15(14)22-19(20)23-17)18(27)16-6-4-9-24(16)2;1-2-3-14(7-11-26)22-17-15-6-10-25(12-16(15)23-19(20)24-17)18(27)13-4-8-21-9-5-13/h4-8,16,27H,2-3,9-14H2,1H3,(H3,22,23,24,25);2*5,7,10,14,27H,3-4,6,8-9,11-13H2,1-2H3,(H3,21,22,23,24);4,6,9,13,26H,3,5,7-8,10-12H2,1-2H3,(H3,20,21,22,23);4-5,8-9,14,26H,2-3,6-7,10-12H2,1H3,(H3,20,22,23,24)/t;;;13-;14-/m...00/s1. The fourth-order valence-corrected chi connectivity index (χ4v) is 17.9. The number of anilines is 10. The first-order valence-electron chi connectivity index (χ1n) is 48.7. The average molecular weight is 1900 g/mol. The summed E-state index contributed by atoms with van der Waals surface area (Å²) in [6.45, 7) is 16.4. The average Bonchev–Trinajstić information content (AvgIpc) is 1.26. The van der Waals surface area contributed by atoms with E-state index in [4.69, 9.17) is 28.7 Å². The summed E-state index contributed by atoms with van der Waals surface area (Å²) >= 11 is 0. The summed E-state index contributed by atoms with van der Waals surface area (Å²) in [6.07, 6.45) is 28.6. The molecule has 138 heavy (non-hydrogen) atoms. The molecule has 1 aromatic carbocycles. The van der Waals surface area contributed by atoms with Gasteiger partial charge in [0.2, 0.25) is 29.7 Å². The zero-order chi connectivity index (χ0) is 98.7. The van der Waals surface area contributed by atoms with Crippen molar-refractivity contribution in [2.24, 2.45) is 21.1 Å². The van der Waals surface area contributed by atoms with E-state index in [9.17, 15) is 49.5 Å².